The van der Waals surface area contributed by atoms with Gasteiger partial charge in [-0.1, -0.05) is 5.16 Å². The highest BCUT2D eigenvalue weighted by Gasteiger charge is 2.31. The van der Waals surface area contributed by atoms with E-state index in [9.17, 15) is 4.79 Å². The fraction of sp³-hybridized carbons (Fsp3) is 0.533. The molecule has 2 aromatic heterocycles. The van der Waals surface area contributed by atoms with Crippen LogP contribution in [-0.2, 0) is 22.6 Å². The smallest absolute Gasteiger partial charge is 0.246 e. The SMILES string of the molecule is COCCNC(=O)[C@H]1CN(Cc2cc(C)on2)Cc2ccnn21. The predicted molar refractivity (Wildman–Crippen MR) is 81.5 cm³/mol. The van der Waals surface area contributed by atoms with Gasteiger partial charge in [0.1, 0.15) is 11.8 Å². The highest BCUT2D eigenvalue weighted by molar-refractivity contribution is 5.80. The van der Waals surface area contributed by atoms with E-state index < -0.39 is 0 Å². The third-order valence-electron chi connectivity index (χ3n) is 3.83. The van der Waals surface area contributed by atoms with Gasteiger partial charge in [0.25, 0.3) is 0 Å². The molecule has 0 aliphatic carbocycles. The molecular formula is C15H21N5O3. The molecule has 0 spiro atoms. The highest BCUT2D eigenvalue weighted by Crippen LogP contribution is 2.22. The van der Waals surface area contributed by atoms with Crippen molar-refractivity contribution in [2.24, 2.45) is 0 Å². The van der Waals surface area contributed by atoms with Crippen molar-refractivity contribution >= 4 is 5.91 Å². The number of nitrogens with one attached hydrogen (secondary N) is 1. The summed E-state index contributed by atoms with van der Waals surface area (Å²) in [6.07, 6.45) is 1.73. The van der Waals surface area contributed by atoms with E-state index in [-0.39, 0.29) is 11.9 Å². The van der Waals surface area contributed by atoms with Gasteiger partial charge in [-0.3, -0.25) is 14.4 Å². The Morgan fingerprint density at radius 1 is 1.57 bits per heavy atom. The van der Waals surface area contributed by atoms with Crippen LogP contribution in [0.15, 0.2) is 22.9 Å². The van der Waals surface area contributed by atoms with Crippen LogP contribution in [0.4, 0.5) is 0 Å². The molecule has 8 heteroatoms. The molecule has 23 heavy (non-hydrogen) atoms. The Kier molecular flexibility index (Phi) is 4.73. The van der Waals surface area contributed by atoms with Gasteiger partial charge in [-0.15, -0.1) is 0 Å². The Hall–Kier alpha value is -2.19. The average Bonchev–Trinajstić information content (AvgIpc) is 3.15. The van der Waals surface area contributed by atoms with Crippen LogP contribution in [0.3, 0.4) is 0 Å². The minimum Gasteiger partial charge on any atom is -0.383 e. The van der Waals surface area contributed by atoms with Crippen molar-refractivity contribution in [3.63, 3.8) is 0 Å². The van der Waals surface area contributed by atoms with Gasteiger partial charge >= 0.3 is 0 Å². The summed E-state index contributed by atoms with van der Waals surface area (Å²) < 4.78 is 11.9. The van der Waals surface area contributed by atoms with E-state index in [1.165, 1.54) is 0 Å². The summed E-state index contributed by atoms with van der Waals surface area (Å²) in [5, 5.41) is 11.2. The summed E-state index contributed by atoms with van der Waals surface area (Å²) >= 11 is 0. The lowest BCUT2D eigenvalue weighted by atomic mass is 10.1. The molecule has 1 amide bonds. The minimum atomic E-state index is -0.349. The van der Waals surface area contributed by atoms with Gasteiger partial charge < -0.3 is 14.6 Å². The van der Waals surface area contributed by atoms with Crippen LogP contribution in [-0.4, -0.2) is 52.6 Å². The van der Waals surface area contributed by atoms with Crippen molar-refractivity contribution < 1.29 is 14.1 Å². The van der Waals surface area contributed by atoms with E-state index in [0.717, 1.165) is 23.7 Å². The van der Waals surface area contributed by atoms with Crippen LogP contribution in [0.5, 0.6) is 0 Å². The molecule has 0 bridgehead atoms. The molecule has 0 unspecified atom stereocenters. The van der Waals surface area contributed by atoms with Gasteiger partial charge in [-0.25, -0.2) is 0 Å². The first-order valence-electron chi connectivity index (χ1n) is 7.61. The first-order valence-corrected chi connectivity index (χ1v) is 7.61. The third-order valence-corrected chi connectivity index (χ3v) is 3.83. The Balaban J connectivity index is 1.70. The van der Waals surface area contributed by atoms with Gasteiger partial charge in [0.2, 0.25) is 5.91 Å². The maximum atomic E-state index is 12.4. The molecule has 0 saturated heterocycles. The topological polar surface area (TPSA) is 85.4 Å². The van der Waals surface area contributed by atoms with E-state index in [4.69, 9.17) is 9.26 Å². The molecule has 3 rings (SSSR count). The quantitative estimate of drug-likeness (QED) is 0.780. The fourth-order valence-corrected chi connectivity index (χ4v) is 2.79. The van der Waals surface area contributed by atoms with Gasteiger partial charge in [-0.05, 0) is 13.0 Å². The van der Waals surface area contributed by atoms with Gasteiger partial charge in [0, 0.05) is 45.6 Å². The lowest BCUT2D eigenvalue weighted by Crippen LogP contribution is -2.45. The van der Waals surface area contributed by atoms with Crippen LogP contribution in [0.1, 0.15) is 23.2 Å². The monoisotopic (exact) mass is 319 g/mol. The Bertz CT molecular complexity index is 666. The highest BCUT2D eigenvalue weighted by atomic mass is 16.5. The number of hydrogen-bond acceptors (Lipinski definition) is 6. The number of amides is 1. The van der Waals surface area contributed by atoms with Crippen molar-refractivity contribution in [1.29, 1.82) is 0 Å². The largest absolute Gasteiger partial charge is 0.383 e. The zero-order chi connectivity index (χ0) is 16.2. The number of nitrogens with zero attached hydrogens (tertiary/aromatic N) is 4. The van der Waals surface area contributed by atoms with E-state index >= 15 is 0 Å². The maximum Gasteiger partial charge on any atom is 0.246 e. The zero-order valence-electron chi connectivity index (χ0n) is 13.4. The predicted octanol–water partition coefficient (Wildman–Crippen LogP) is 0.499. The first-order chi connectivity index (χ1) is 11.2. The normalized spacial score (nSPS) is 17.9. The molecule has 0 fully saturated rings. The standard InChI is InChI=1S/C15H21N5O3/c1-11-7-12(18-23-11)8-19-9-13-3-4-17-20(13)14(10-19)15(21)16-5-6-22-2/h3-4,7,14H,5-6,8-10H2,1-2H3,(H,16,21)/t14-/m1/s1. The van der Waals surface area contributed by atoms with Crippen molar-refractivity contribution in [1.82, 2.24) is 25.2 Å². The molecule has 8 nitrogen and oxygen atoms in total. The van der Waals surface area contributed by atoms with Crippen molar-refractivity contribution in [2.75, 3.05) is 26.8 Å². The lowest BCUT2D eigenvalue weighted by molar-refractivity contribution is -0.126. The van der Waals surface area contributed by atoms with Crippen LogP contribution in [0, 0.1) is 6.92 Å². The van der Waals surface area contributed by atoms with Gasteiger partial charge in [-0.2, -0.15) is 5.10 Å². The number of fused-ring (bicyclic) bond motifs is 1. The number of aromatic nitrogens is 3. The van der Waals surface area contributed by atoms with E-state index in [2.05, 4.69) is 20.5 Å². The Morgan fingerprint density at radius 3 is 3.17 bits per heavy atom. The van der Waals surface area contributed by atoms with Crippen molar-refractivity contribution in [2.45, 2.75) is 26.1 Å². The van der Waals surface area contributed by atoms with Crippen LogP contribution in [0.2, 0.25) is 0 Å². The van der Waals surface area contributed by atoms with Crippen molar-refractivity contribution in [3.8, 4) is 0 Å². The number of rotatable bonds is 6. The second-order valence-electron chi connectivity index (χ2n) is 5.67. The summed E-state index contributed by atoms with van der Waals surface area (Å²) in [6, 6.07) is 3.51. The molecular weight excluding hydrogens is 298 g/mol. The number of aryl methyl sites for hydroxylation is 1. The Labute approximate surface area is 134 Å². The summed E-state index contributed by atoms with van der Waals surface area (Å²) in [6.45, 7) is 4.81. The summed E-state index contributed by atoms with van der Waals surface area (Å²) in [5.74, 6) is 0.740. The molecule has 2 aromatic rings. The minimum absolute atomic E-state index is 0.0481. The molecule has 0 saturated carbocycles. The second-order valence-corrected chi connectivity index (χ2v) is 5.67. The molecule has 1 atom stereocenters. The number of carbonyl (C=O) groups is 1. The number of methoxy groups -OCH3 is 1. The summed E-state index contributed by atoms with van der Waals surface area (Å²) in [7, 11) is 1.61. The first kappa shape index (κ1) is 15.7. The summed E-state index contributed by atoms with van der Waals surface area (Å²) in [5.41, 5.74) is 1.89. The lowest BCUT2D eigenvalue weighted by Gasteiger charge is -2.32. The number of hydrogen-bond donors (Lipinski definition) is 1. The van der Waals surface area contributed by atoms with Crippen LogP contribution >= 0.6 is 0 Å². The average molecular weight is 319 g/mol. The second kappa shape index (κ2) is 6.93. The van der Waals surface area contributed by atoms with E-state index in [0.29, 0.717) is 26.2 Å². The maximum absolute atomic E-state index is 12.4. The molecule has 124 valence electrons. The molecule has 1 N–H and O–H groups in total. The molecule has 3 heterocycles. The van der Waals surface area contributed by atoms with Gasteiger partial charge in [0.05, 0.1) is 18.0 Å². The van der Waals surface area contributed by atoms with Crippen LogP contribution in [0.25, 0.3) is 0 Å². The number of ether oxygens (including phenoxy) is 1. The molecule has 1 aliphatic rings. The van der Waals surface area contributed by atoms with Gasteiger partial charge in [0.15, 0.2) is 0 Å². The van der Waals surface area contributed by atoms with Crippen LogP contribution < -0.4 is 5.32 Å². The van der Waals surface area contributed by atoms with E-state index in [1.807, 2.05) is 19.1 Å². The number of carbonyl (C=O) groups excluding carboxylic acids is 1. The third kappa shape index (κ3) is 3.59. The molecule has 0 radical (unpaired) electrons. The van der Waals surface area contributed by atoms with Crippen molar-refractivity contribution in [3.05, 3.63) is 35.5 Å². The Morgan fingerprint density at radius 2 is 2.43 bits per heavy atom. The summed E-state index contributed by atoms with van der Waals surface area (Å²) in [4.78, 5) is 14.6. The molecule has 1 aliphatic heterocycles. The zero-order valence-corrected chi connectivity index (χ0v) is 13.4. The fourth-order valence-electron chi connectivity index (χ4n) is 2.79. The van der Waals surface area contributed by atoms with E-state index in [1.54, 1.807) is 18.0 Å². The molecule has 0 aromatic carbocycles.